The fourth-order valence-corrected chi connectivity index (χ4v) is 2.30. The van der Waals surface area contributed by atoms with Crippen LogP contribution in [0, 0.1) is 0 Å². The number of rotatable bonds is 15. The number of carboxylic acids is 1. The Morgan fingerprint density at radius 2 is 1.22 bits per heavy atom. The van der Waals surface area contributed by atoms with Crippen LogP contribution in [0.15, 0.2) is 12.2 Å². The summed E-state index contributed by atoms with van der Waals surface area (Å²) in [6, 6.07) is 0. The summed E-state index contributed by atoms with van der Waals surface area (Å²) in [5, 5.41) is 10.1. The normalized spacial score (nSPS) is 10.5. The first kappa shape index (κ1) is 24.9. The Kier molecular flexibility index (Phi) is 21.4. The third-order valence-electron chi connectivity index (χ3n) is 3.60. The van der Waals surface area contributed by atoms with Crippen molar-refractivity contribution >= 4 is 11.9 Å². The Morgan fingerprint density at radius 3 is 1.65 bits per heavy atom. The fraction of sp³-hybridized carbons (Fsp3) is 0.778. The van der Waals surface area contributed by atoms with E-state index in [1.807, 2.05) is 0 Å². The Labute approximate surface area is 163 Å². The van der Waals surface area contributed by atoms with Gasteiger partial charge < -0.3 is 14.6 Å². The summed E-state index contributed by atoms with van der Waals surface area (Å²) in [6.45, 7) is 2.60. The minimum absolute atomic E-state index is 0. The van der Waals surface area contributed by atoms with Crippen molar-refractivity contribution in [2.75, 3.05) is 6.61 Å². The summed E-state index contributed by atoms with van der Waals surface area (Å²) in [5.74, 6) is -2.01. The SMILES string of the molecule is CCCCCCCCCCCCCCOC(=O)/C=C/C(=O)[O-].[Na+]. The topological polar surface area (TPSA) is 66.4 Å². The molecule has 0 saturated heterocycles. The molecular weight excluding hydrogens is 303 g/mol. The van der Waals surface area contributed by atoms with E-state index in [0.29, 0.717) is 12.7 Å². The number of hydrogen-bond acceptors (Lipinski definition) is 4. The maximum atomic E-state index is 11.0. The molecule has 0 atom stereocenters. The van der Waals surface area contributed by atoms with Gasteiger partial charge in [0.1, 0.15) is 0 Å². The molecule has 0 unspecified atom stereocenters. The van der Waals surface area contributed by atoms with Gasteiger partial charge in [-0.05, 0) is 12.5 Å². The number of hydrogen-bond donors (Lipinski definition) is 0. The van der Waals surface area contributed by atoms with Gasteiger partial charge in [-0.1, -0.05) is 77.6 Å². The smallest absolute Gasteiger partial charge is 0.545 e. The molecule has 0 aromatic carbocycles. The van der Waals surface area contributed by atoms with Crippen molar-refractivity contribution in [2.45, 2.75) is 84.0 Å². The van der Waals surface area contributed by atoms with Gasteiger partial charge in [-0.2, -0.15) is 0 Å². The molecular formula is C18H31NaO4. The van der Waals surface area contributed by atoms with E-state index >= 15 is 0 Å². The minimum Gasteiger partial charge on any atom is -0.545 e. The van der Waals surface area contributed by atoms with Crippen LogP contribution in [0.3, 0.4) is 0 Å². The van der Waals surface area contributed by atoms with Crippen LogP contribution >= 0.6 is 0 Å². The van der Waals surface area contributed by atoms with E-state index in [0.717, 1.165) is 18.9 Å². The number of aliphatic carboxylic acids is 1. The maximum absolute atomic E-state index is 11.0. The second-order valence-corrected chi connectivity index (χ2v) is 5.71. The predicted octanol–water partition coefficient (Wildman–Crippen LogP) is 0.541. The van der Waals surface area contributed by atoms with Crippen LogP contribution in [0.25, 0.3) is 0 Å². The first-order valence-electron chi connectivity index (χ1n) is 8.72. The fourth-order valence-electron chi connectivity index (χ4n) is 2.30. The van der Waals surface area contributed by atoms with E-state index in [9.17, 15) is 14.7 Å². The van der Waals surface area contributed by atoms with Crippen molar-refractivity contribution in [3.05, 3.63) is 12.2 Å². The Morgan fingerprint density at radius 1 is 0.783 bits per heavy atom. The molecule has 4 nitrogen and oxygen atoms in total. The van der Waals surface area contributed by atoms with Crippen LogP contribution in [0.4, 0.5) is 0 Å². The molecule has 0 bridgehead atoms. The minimum atomic E-state index is -1.39. The van der Waals surface area contributed by atoms with Crippen LogP contribution in [-0.2, 0) is 14.3 Å². The van der Waals surface area contributed by atoms with E-state index < -0.39 is 11.9 Å². The van der Waals surface area contributed by atoms with E-state index in [-0.39, 0.29) is 29.6 Å². The molecule has 5 heteroatoms. The monoisotopic (exact) mass is 334 g/mol. The van der Waals surface area contributed by atoms with E-state index in [1.165, 1.54) is 64.2 Å². The quantitative estimate of drug-likeness (QED) is 0.190. The zero-order chi connectivity index (χ0) is 16.5. The molecule has 0 aliphatic carbocycles. The van der Waals surface area contributed by atoms with Crippen LogP contribution < -0.4 is 34.7 Å². The van der Waals surface area contributed by atoms with Gasteiger partial charge in [0.05, 0.1) is 12.6 Å². The van der Waals surface area contributed by atoms with Crippen molar-refractivity contribution in [1.82, 2.24) is 0 Å². The van der Waals surface area contributed by atoms with Gasteiger partial charge >= 0.3 is 35.5 Å². The largest absolute Gasteiger partial charge is 1.00 e. The molecule has 0 heterocycles. The molecule has 0 spiro atoms. The molecule has 0 N–H and O–H groups in total. The molecule has 0 aliphatic heterocycles. The zero-order valence-electron chi connectivity index (χ0n) is 15.0. The van der Waals surface area contributed by atoms with E-state index in [2.05, 4.69) is 6.92 Å². The average molecular weight is 334 g/mol. The van der Waals surface area contributed by atoms with Crippen molar-refractivity contribution < 1.29 is 49.0 Å². The van der Waals surface area contributed by atoms with Crippen molar-refractivity contribution in [1.29, 1.82) is 0 Å². The van der Waals surface area contributed by atoms with Crippen LogP contribution in [0.1, 0.15) is 84.0 Å². The third-order valence-corrected chi connectivity index (χ3v) is 3.60. The molecule has 0 rings (SSSR count). The van der Waals surface area contributed by atoms with Crippen LogP contribution in [0.2, 0.25) is 0 Å². The molecule has 128 valence electrons. The molecule has 0 fully saturated rings. The van der Waals surface area contributed by atoms with Crippen LogP contribution in [-0.4, -0.2) is 18.5 Å². The summed E-state index contributed by atoms with van der Waals surface area (Å²) in [4.78, 5) is 21.1. The Balaban J connectivity index is 0. The zero-order valence-corrected chi connectivity index (χ0v) is 17.0. The Bertz CT molecular complexity index is 316. The molecule has 0 aliphatic rings. The van der Waals surface area contributed by atoms with E-state index in [1.54, 1.807) is 0 Å². The molecule has 23 heavy (non-hydrogen) atoms. The summed E-state index contributed by atoms with van der Waals surface area (Å²) in [7, 11) is 0. The van der Waals surface area contributed by atoms with Crippen molar-refractivity contribution in [3.8, 4) is 0 Å². The average Bonchev–Trinajstić information content (AvgIpc) is 2.49. The molecule has 0 radical (unpaired) electrons. The van der Waals surface area contributed by atoms with Gasteiger partial charge in [-0.25, -0.2) is 4.79 Å². The summed E-state index contributed by atoms with van der Waals surface area (Å²) in [5.41, 5.74) is 0. The molecule has 0 aromatic rings. The van der Waals surface area contributed by atoms with Crippen molar-refractivity contribution in [2.24, 2.45) is 0 Å². The van der Waals surface area contributed by atoms with E-state index in [4.69, 9.17) is 4.74 Å². The molecule has 0 saturated carbocycles. The second-order valence-electron chi connectivity index (χ2n) is 5.71. The number of esters is 1. The van der Waals surface area contributed by atoms with Crippen LogP contribution in [0.5, 0.6) is 0 Å². The first-order chi connectivity index (χ1) is 10.7. The van der Waals surface area contributed by atoms with Gasteiger partial charge in [-0.15, -0.1) is 0 Å². The van der Waals surface area contributed by atoms with Gasteiger partial charge in [0.15, 0.2) is 0 Å². The standard InChI is InChI=1S/C18H32O4.Na/c1-2-3-4-5-6-7-8-9-10-11-12-13-16-22-18(21)15-14-17(19)20;/h14-15H,2-13,16H2,1H3,(H,19,20);/q;+1/p-1/b15-14+;. The summed E-state index contributed by atoms with van der Waals surface area (Å²) >= 11 is 0. The first-order valence-corrected chi connectivity index (χ1v) is 8.72. The van der Waals surface area contributed by atoms with Crippen molar-refractivity contribution in [3.63, 3.8) is 0 Å². The third kappa shape index (κ3) is 21.7. The maximum Gasteiger partial charge on any atom is 1.00 e. The number of carbonyl (C=O) groups excluding carboxylic acids is 2. The van der Waals surface area contributed by atoms with Gasteiger partial charge in [0.2, 0.25) is 0 Å². The summed E-state index contributed by atoms with van der Waals surface area (Å²) in [6.07, 6.45) is 16.7. The number of unbranched alkanes of at least 4 members (excludes halogenated alkanes) is 11. The number of carboxylic acid groups (broad SMARTS) is 1. The predicted molar refractivity (Wildman–Crippen MR) is 86.2 cm³/mol. The Hall–Kier alpha value is -0.320. The van der Waals surface area contributed by atoms with Gasteiger partial charge in [0, 0.05) is 6.08 Å². The molecule has 0 aromatic heterocycles. The molecule has 0 amide bonds. The second kappa shape index (κ2) is 19.7. The van der Waals surface area contributed by atoms with Gasteiger partial charge in [-0.3, -0.25) is 0 Å². The number of carbonyl (C=O) groups is 2. The van der Waals surface area contributed by atoms with Gasteiger partial charge in [0.25, 0.3) is 0 Å². The summed E-state index contributed by atoms with van der Waals surface area (Å²) < 4.78 is 4.87. The number of ether oxygens (including phenoxy) is 1.